The lowest BCUT2D eigenvalue weighted by molar-refractivity contribution is -0.116. The van der Waals surface area contributed by atoms with E-state index in [1.165, 1.54) is 6.07 Å². The van der Waals surface area contributed by atoms with Crippen LogP contribution in [0.3, 0.4) is 0 Å². The molecule has 2 atom stereocenters. The molecular weight excluding hydrogens is 482 g/mol. The highest BCUT2D eigenvalue weighted by Crippen LogP contribution is 2.45. The predicted molar refractivity (Wildman–Crippen MR) is 135 cm³/mol. The number of dihydropyridines is 1. The highest BCUT2D eigenvalue weighted by molar-refractivity contribution is 6.30. The Morgan fingerprint density at radius 3 is 2.25 bits per heavy atom. The molecule has 1 heterocycles. The molecule has 1 aliphatic heterocycles. The smallest absolute Gasteiger partial charge is 0.254 e. The number of ketones is 1. The van der Waals surface area contributed by atoms with E-state index in [4.69, 9.17) is 11.6 Å². The van der Waals surface area contributed by atoms with Crippen molar-refractivity contribution in [1.82, 2.24) is 5.32 Å². The van der Waals surface area contributed by atoms with Gasteiger partial charge in [0.25, 0.3) is 5.91 Å². The van der Waals surface area contributed by atoms with Gasteiger partial charge in [-0.2, -0.15) is 0 Å². The summed E-state index contributed by atoms with van der Waals surface area (Å²) < 4.78 is 28.6. The molecule has 5 rings (SSSR count). The lowest BCUT2D eigenvalue weighted by Gasteiger charge is -2.37. The van der Waals surface area contributed by atoms with Gasteiger partial charge >= 0.3 is 0 Å². The van der Waals surface area contributed by atoms with Crippen molar-refractivity contribution in [3.63, 3.8) is 0 Å². The van der Waals surface area contributed by atoms with Gasteiger partial charge in [0.15, 0.2) is 5.78 Å². The zero-order valence-electron chi connectivity index (χ0n) is 19.4. The molecule has 0 fully saturated rings. The zero-order valence-corrected chi connectivity index (χ0v) is 20.2. The van der Waals surface area contributed by atoms with Gasteiger partial charge < -0.3 is 10.6 Å². The standard InChI is InChI=1S/C29H23ClF2N2O2/c1-16-25(29(36)34-28-21(31)8-5-9-22(28)32)26(18-10-12-20(30)13-11-18)27-23(33-16)14-19(15-24(27)35)17-6-3-2-4-7-17/h2-13,19,26,33H,14-15H2,1H3,(H,34,36)/t19-,26+/m1/s1. The Hall–Kier alpha value is -3.77. The van der Waals surface area contributed by atoms with Gasteiger partial charge in [-0.3, -0.25) is 9.59 Å². The number of anilines is 1. The third kappa shape index (κ3) is 4.44. The second-order valence-corrected chi connectivity index (χ2v) is 9.47. The predicted octanol–water partition coefficient (Wildman–Crippen LogP) is 6.62. The van der Waals surface area contributed by atoms with Crippen LogP contribution in [0.25, 0.3) is 0 Å². The number of hydrogen-bond acceptors (Lipinski definition) is 3. The Bertz CT molecular complexity index is 1390. The van der Waals surface area contributed by atoms with Gasteiger partial charge in [-0.25, -0.2) is 8.78 Å². The first kappa shape index (κ1) is 23.9. The fourth-order valence-corrected chi connectivity index (χ4v) is 5.21. The lowest BCUT2D eigenvalue weighted by atomic mass is 9.71. The number of allylic oxidation sites excluding steroid dienone is 3. The number of rotatable bonds is 4. The van der Waals surface area contributed by atoms with E-state index in [-0.39, 0.29) is 17.3 Å². The SMILES string of the molecule is CC1=C(C(=O)Nc2c(F)cccc2F)[C@H](c2ccc(Cl)cc2)C2=C(C[C@@H](c3ccccc3)CC2=O)N1. The minimum atomic E-state index is -0.882. The molecule has 0 bridgehead atoms. The number of halogens is 3. The molecule has 0 radical (unpaired) electrons. The van der Waals surface area contributed by atoms with E-state index in [0.29, 0.717) is 34.7 Å². The van der Waals surface area contributed by atoms with Crippen molar-refractivity contribution in [1.29, 1.82) is 0 Å². The van der Waals surface area contributed by atoms with Crippen molar-refractivity contribution in [2.24, 2.45) is 0 Å². The van der Waals surface area contributed by atoms with Crippen LogP contribution in [-0.2, 0) is 9.59 Å². The van der Waals surface area contributed by atoms with Crippen LogP contribution in [-0.4, -0.2) is 11.7 Å². The monoisotopic (exact) mass is 504 g/mol. The Labute approximate surface area is 212 Å². The first-order valence-electron chi connectivity index (χ1n) is 11.6. The normalized spacial score (nSPS) is 19.6. The lowest BCUT2D eigenvalue weighted by Crippen LogP contribution is -2.37. The number of hydrogen-bond donors (Lipinski definition) is 2. The molecule has 4 nitrogen and oxygen atoms in total. The third-order valence-corrected chi connectivity index (χ3v) is 7.00. The number of nitrogens with one attached hydrogen (secondary N) is 2. The van der Waals surface area contributed by atoms with Gasteiger partial charge in [-0.05, 0) is 54.7 Å². The quantitative estimate of drug-likeness (QED) is 0.420. The molecule has 3 aromatic rings. The first-order valence-corrected chi connectivity index (χ1v) is 12.0. The molecule has 0 spiro atoms. The number of para-hydroxylation sites is 1. The molecule has 0 saturated carbocycles. The summed E-state index contributed by atoms with van der Waals surface area (Å²) in [6.45, 7) is 1.73. The summed E-state index contributed by atoms with van der Waals surface area (Å²) >= 11 is 6.11. The van der Waals surface area contributed by atoms with E-state index in [0.717, 1.165) is 23.4 Å². The number of amides is 1. The Balaban J connectivity index is 1.58. The Kier molecular flexibility index (Phi) is 6.46. The molecule has 7 heteroatoms. The van der Waals surface area contributed by atoms with Gasteiger partial charge in [0.05, 0.1) is 0 Å². The van der Waals surface area contributed by atoms with Crippen LogP contribution in [0.1, 0.15) is 42.7 Å². The summed E-state index contributed by atoms with van der Waals surface area (Å²) in [5.41, 5.74) is 3.23. The van der Waals surface area contributed by atoms with E-state index >= 15 is 0 Å². The van der Waals surface area contributed by atoms with Crippen molar-refractivity contribution in [2.75, 3.05) is 5.32 Å². The van der Waals surface area contributed by atoms with Gasteiger partial charge in [0.2, 0.25) is 0 Å². The second kappa shape index (κ2) is 9.70. The molecule has 182 valence electrons. The van der Waals surface area contributed by atoms with Crippen molar-refractivity contribution in [3.05, 3.63) is 123 Å². The minimum Gasteiger partial charge on any atom is -0.362 e. The molecule has 3 aromatic carbocycles. The minimum absolute atomic E-state index is 0.00602. The summed E-state index contributed by atoms with van der Waals surface area (Å²) in [5, 5.41) is 6.17. The molecule has 1 aliphatic carbocycles. The van der Waals surface area contributed by atoms with Gasteiger partial charge in [0, 0.05) is 39.9 Å². The highest BCUT2D eigenvalue weighted by Gasteiger charge is 2.41. The molecular formula is C29H23ClF2N2O2. The Morgan fingerprint density at radius 1 is 0.917 bits per heavy atom. The van der Waals surface area contributed by atoms with Crippen molar-refractivity contribution < 1.29 is 18.4 Å². The summed E-state index contributed by atoms with van der Waals surface area (Å²) in [4.78, 5) is 27.1. The van der Waals surface area contributed by atoms with Crippen molar-refractivity contribution in [2.45, 2.75) is 31.6 Å². The molecule has 1 amide bonds. The molecule has 2 aliphatic rings. The van der Waals surface area contributed by atoms with E-state index in [1.54, 1.807) is 31.2 Å². The first-order chi connectivity index (χ1) is 17.3. The third-order valence-electron chi connectivity index (χ3n) is 6.75. The van der Waals surface area contributed by atoms with Crippen LogP contribution in [0.15, 0.2) is 95.3 Å². The van der Waals surface area contributed by atoms with Crippen LogP contribution < -0.4 is 10.6 Å². The van der Waals surface area contributed by atoms with Crippen LogP contribution in [0.4, 0.5) is 14.5 Å². The van der Waals surface area contributed by atoms with Gasteiger partial charge in [0.1, 0.15) is 17.3 Å². The van der Waals surface area contributed by atoms with E-state index in [1.807, 2.05) is 30.3 Å². The molecule has 0 saturated heterocycles. The summed E-state index contributed by atoms with van der Waals surface area (Å²) in [5.74, 6) is -3.23. The van der Waals surface area contributed by atoms with Crippen LogP contribution >= 0.6 is 11.6 Å². The second-order valence-electron chi connectivity index (χ2n) is 9.03. The van der Waals surface area contributed by atoms with E-state index in [2.05, 4.69) is 10.6 Å². The number of carbonyl (C=O) groups excluding carboxylic acids is 2. The Morgan fingerprint density at radius 2 is 1.58 bits per heavy atom. The van der Waals surface area contributed by atoms with Gasteiger partial charge in [-0.15, -0.1) is 0 Å². The van der Waals surface area contributed by atoms with Gasteiger partial charge in [-0.1, -0.05) is 60.1 Å². The van der Waals surface area contributed by atoms with E-state index < -0.39 is 29.1 Å². The average molecular weight is 505 g/mol. The molecule has 0 aromatic heterocycles. The average Bonchev–Trinajstić information content (AvgIpc) is 2.86. The summed E-state index contributed by atoms with van der Waals surface area (Å²) in [6.07, 6.45) is 0.897. The van der Waals surface area contributed by atoms with Crippen LogP contribution in [0, 0.1) is 11.6 Å². The van der Waals surface area contributed by atoms with E-state index in [9.17, 15) is 18.4 Å². The summed E-state index contributed by atoms with van der Waals surface area (Å²) in [7, 11) is 0. The summed E-state index contributed by atoms with van der Waals surface area (Å²) in [6, 6.07) is 20.1. The molecule has 36 heavy (non-hydrogen) atoms. The maximum absolute atomic E-state index is 14.3. The van der Waals surface area contributed by atoms with Crippen LogP contribution in [0.5, 0.6) is 0 Å². The fraction of sp³-hybridized carbons (Fsp3) is 0.172. The number of carbonyl (C=O) groups is 2. The fourth-order valence-electron chi connectivity index (χ4n) is 5.09. The largest absolute Gasteiger partial charge is 0.362 e. The number of benzene rings is 3. The highest BCUT2D eigenvalue weighted by atomic mass is 35.5. The maximum Gasteiger partial charge on any atom is 0.254 e. The zero-order chi connectivity index (χ0) is 25.4. The maximum atomic E-state index is 14.3. The molecule has 0 unspecified atom stereocenters. The molecule has 2 N–H and O–H groups in total. The number of Topliss-reactive ketones (excluding diaryl/α,β-unsaturated/α-hetero) is 1. The van der Waals surface area contributed by atoms with Crippen LogP contribution in [0.2, 0.25) is 5.02 Å². The topological polar surface area (TPSA) is 58.2 Å². The van der Waals surface area contributed by atoms with Crippen molar-refractivity contribution >= 4 is 29.0 Å². The van der Waals surface area contributed by atoms with Crippen molar-refractivity contribution in [3.8, 4) is 0 Å².